The Morgan fingerprint density at radius 1 is 1.26 bits per heavy atom. The number of carbonyl (C=O) groups is 3. The van der Waals surface area contributed by atoms with Crippen LogP contribution < -0.4 is 4.90 Å². The minimum Gasteiger partial charge on any atom is -0.297 e. The summed E-state index contributed by atoms with van der Waals surface area (Å²) in [4.78, 5) is 37.3. The Balaban J connectivity index is 2.59. The average Bonchev–Trinajstić information content (AvgIpc) is 2.61. The molecular weight excluding hydrogens is 242 g/mol. The van der Waals surface area contributed by atoms with Crippen LogP contribution in [0.15, 0.2) is 12.1 Å². The number of amides is 1. The Hall–Kier alpha value is -1.97. The quantitative estimate of drug-likeness (QED) is 0.782. The van der Waals surface area contributed by atoms with Gasteiger partial charge in [0.05, 0.1) is 17.3 Å². The highest BCUT2D eigenvalue weighted by molar-refractivity contribution is 6.53. The fourth-order valence-corrected chi connectivity index (χ4v) is 2.59. The Morgan fingerprint density at radius 2 is 1.89 bits per heavy atom. The maximum absolute atomic E-state index is 12.1. The van der Waals surface area contributed by atoms with Gasteiger partial charge in [-0.05, 0) is 38.0 Å². The smallest absolute Gasteiger partial charge is 0.297 e. The van der Waals surface area contributed by atoms with Gasteiger partial charge in [-0.15, -0.1) is 0 Å². The van der Waals surface area contributed by atoms with E-state index in [1.54, 1.807) is 19.9 Å². The molecule has 0 bridgehead atoms. The third kappa shape index (κ3) is 1.97. The van der Waals surface area contributed by atoms with Crippen molar-refractivity contribution in [3.63, 3.8) is 0 Å². The summed E-state index contributed by atoms with van der Waals surface area (Å²) in [6.45, 7) is 7.16. The predicted molar refractivity (Wildman–Crippen MR) is 72.5 cm³/mol. The fourth-order valence-electron chi connectivity index (χ4n) is 2.59. The second kappa shape index (κ2) is 4.61. The number of anilines is 1. The molecule has 1 aliphatic heterocycles. The van der Waals surface area contributed by atoms with Crippen molar-refractivity contribution in [2.75, 3.05) is 4.90 Å². The van der Waals surface area contributed by atoms with Gasteiger partial charge in [-0.3, -0.25) is 19.3 Å². The molecule has 19 heavy (non-hydrogen) atoms. The predicted octanol–water partition coefficient (Wildman–Crippen LogP) is 2.20. The van der Waals surface area contributed by atoms with Gasteiger partial charge in [0.1, 0.15) is 0 Å². The third-order valence-corrected chi connectivity index (χ3v) is 3.55. The van der Waals surface area contributed by atoms with Crippen LogP contribution in [0.5, 0.6) is 0 Å². The number of nitrogens with zero attached hydrogens (tertiary/aromatic N) is 1. The zero-order chi connectivity index (χ0) is 14.3. The van der Waals surface area contributed by atoms with Gasteiger partial charge >= 0.3 is 0 Å². The lowest BCUT2D eigenvalue weighted by Gasteiger charge is -2.24. The second-order valence-electron chi connectivity index (χ2n) is 4.98. The van der Waals surface area contributed by atoms with E-state index in [9.17, 15) is 14.4 Å². The molecule has 4 heteroatoms. The van der Waals surface area contributed by atoms with Crippen LogP contribution in [0.4, 0.5) is 5.69 Å². The van der Waals surface area contributed by atoms with E-state index in [4.69, 9.17) is 0 Å². The first-order chi connectivity index (χ1) is 8.88. The summed E-state index contributed by atoms with van der Waals surface area (Å²) < 4.78 is 0. The van der Waals surface area contributed by atoms with Crippen LogP contribution in [0, 0.1) is 13.8 Å². The van der Waals surface area contributed by atoms with E-state index in [1.165, 1.54) is 4.90 Å². The zero-order valence-electron chi connectivity index (χ0n) is 11.6. The zero-order valence-corrected chi connectivity index (χ0v) is 11.6. The summed E-state index contributed by atoms with van der Waals surface area (Å²) in [5, 5.41) is 0. The molecule has 1 aliphatic rings. The summed E-state index contributed by atoms with van der Waals surface area (Å²) in [6.07, 6.45) is 0.347. The summed E-state index contributed by atoms with van der Waals surface area (Å²) in [5.74, 6) is -1.16. The van der Waals surface area contributed by atoms with Gasteiger partial charge in [0.2, 0.25) is 0 Å². The van der Waals surface area contributed by atoms with Crippen molar-refractivity contribution in [3.05, 3.63) is 28.8 Å². The average molecular weight is 259 g/mol. The van der Waals surface area contributed by atoms with Gasteiger partial charge in [-0.2, -0.15) is 0 Å². The molecule has 1 unspecified atom stereocenters. The van der Waals surface area contributed by atoms with Crippen LogP contribution in [0.25, 0.3) is 0 Å². The van der Waals surface area contributed by atoms with Crippen molar-refractivity contribution in [2.45, 2.75) is 40.2 Å². The van der Waals surface area contributed by atoms with Crippen LogP contribution in [0.1, 0.15) is 41.8 Å². The highest BCUT2D eigenvalue weighted by Crippen LogP contribution is 2.35. The first-order valence-electron chi connectivity index (χ1n) is 6.40. The molecule has 0 radical (unpaired) electrons. The molecule has 0 saturated heterocycles. The fraction of sp³-hybridized carbons (Fsp3) is 0.400. The molecule has 1 heterocycles. The molecule has 0 N–H and O–H groups in total. The number of Topliss-reactive ketones (excluding diaryl/α,β-unsaturated/α-hetero) is 2. The van der Waals surface area contributed by atoms with Crippen molar-refractivity contribution in [3.8, 4) is 0 Å². The van der Waals surface area contributed by atoms with E-state index >= 15 is 0 Å². The number of rotatable bonds is 3. The van der Waals surface area contributed by atoms with Crippen molar-refractivity contribution in [1.29, 1.82) is 0 Å². The monoisotopic (exact) mass is 259 g/mol. The molecule has 2 rings (SSSR count). The van der Waals surface area contributed by atoms with Gasteiger partial charge < -0.3 is 0 Å². The van der Waals surface area contributed by atoms with Crippen molar-refractivity contribution in [1.82, 2.24) is 0 Å². The number of hydrogen-bond donors (Lipinski definition) is 0. The molecule has 1 atom stereocenters. The van der Waals surface area contributed by atoms with E-state index in [-0.39, 0.29) is 5.78 Å². The standard InChI is InChI=1S/C15H17NO3/c1-5-12(17)10(4)16-13-9(3)6-8(2)7-11(13)14(18)15(16)19/h6-7,10H,5H2,1-4H3. The SMILES string of the molecule is CCC(=O)C(C)N1C(=O)C(=O)c2cc(C)cc(C)c21. The lowest BCUT2D eigenvalue weighted by Crippen LogP contribution is -2.42. The van der Waals surface area contributed by atoms with E-state index in [0.717, 1.165) is 11.1 Å². The summed E-state index contributed by atoms with van der Waals surface area (Å²) >= 11 is 0. The van der Waals surface area contributed by atoms with E-state index in [1.807, 2.05) is 19.9 Å². The van der Waals surface area contributed by atoms with E-state index in [0.29, 0.717) is 17.7 Å². The highest BCUT2D eigenvalue weighted by atomic mass is 16.2. The van der Waals surface area contributed by atoms with Gasteiger partial charge in [0.25, 0.3) is 11.7 Å². The maximum atomic E-state index is 12.1. The topological polar surface area (TPSA) is 54.5 Å². The van der Waals surface area contributed by atoms with Crippen molar-refractivity contribution >= 4 is 23.2 Å². The first kappa shape index (κ1) is 13.5. The number of carbonyl (C=O) groups excluding carboxylic acids is 3. The number of benzene rings is 1. The van der Waals surface area contributed by atoms with Crippen molar-refractivity contribution in [2.24, 2.45) is 0 Å². The molecule has 0 spiro atoms. The maximum Gasteiger partial charge on any atom is 0.300 e. The molecule has 1 aromatic carbocycles. The molecule has 0 saturated carbocycles. The number of aryl methyl sites for hydroxylation is 2. The molecule has 0 aromatic heterocycles. The minimum absolute atomic E-state index is 0.0472. The van der Waals surface area contributed by atoms with Crippen LogP contribution in [0.3, 0.4) is 0 Å². The lowest BCUT2D eigenvalue weighted by atomic mass is 10.0. The summed E-state index contributed by atoms with van der Waals surface area (Å²) in [7, 11) is 0. The summed E-state index contributed by atoms with van der Waals surface area (Å²) in [5.41, 5.74) is 2.80. The Labute approximate surface area is 112 Å². The van der Waals surface area contributed by atoms with Crippen LogP contribution >= 0.6 is 0 Å². The Morgan fingerprint density at radius 3 is 2.47 bits per heavy atom. The molecule has 0 aliphatic carbocycles. The van der Waals surface area contributed by atoms with E-state index < -0.39 is 17.7 Å². The minimum atomic E-state index is -0.599. The van der Waals surface area contributed by atoms with Gasteiger partial charge in [0, 0.05) is 6.42 Å². The number of ketones is 2. The second-order valence-corrected chi connectivity index (χ2v) is 4.98. The molecule has 1 amide bonds. The first-order valence-corrected chi connectivity index (χ1v) is 6.40. The Kier molecular flexibility index (Phi) is 3.27. The highest BCUT2D eigenvalue weighted by Gasteiger charge is 2.41. The Bertz CT molecular complexity index is 589. The normalized spacial score (nSPS) is 15.7. The van der Waals surface area contributed by atoms with Crippen LogP contribution in [0.2, 0.25) is 0 Å². The van der Waals surface area contributed by atoms with E-state index in [2.05, 4.69) is 0 Å². The molecule has 0 fully saturated rings. The van der Waals surface area contributed by atoms with Crippen molar-refractivity contribution < 1.29 is 14.4 Å². The van der Waals surface area contributed by atoms with Gasteiger partial charge in [-0.25, -0.2) is 0 Å². The van der Waals surface area contributed by atoms with Gasteiger partial charge in [0.15, 0.2) is 5.78 Å². The molecule has 100 valence electrons. The largest absolute Gasteiger partial charge is 0.300 e. The summed E-state index contributed by atoms with van der Waals surface area (Å²) in [6, 6.07) is 3.04. The van der Waals surface area contributed by atoms with Gasteiger partial charge in [-0.1, -0.05) is 13.0 Å². The van der Waals surface area contributed by atoms with Crippen LogP contribution in [-0.4, -0.2) is 23.5 Å². The number of fused-ring (bicyclic) bond motifs is 1. The molecule has 1 aromatic rings. The number of hydrogen-bond acceptors (Lipinski definition) is 3. The molecular formula is C15H17NO3. The lowest BCUT2D eigenvalue weighted by molar-refractivity contribution is -0.122. The third-order valence-electron chi connectivity index (χ3n) is 3.55. The molecule has 4 nitrogen and oxygen atoms in total. The van der Waals surface area contributed by atoms with Crippen LogP contribution in [-0.2, 0) is 9.59 Å².